The number of anilines is 1. The molecule has 0 amide bonds. The van der Waals surface area contributed by atoms with Gasteiger partial charge in [0, 0.05) is 30.6 Å². The third-order valence-corrected chi connectivity index (χ3v) is 4.74. The van der Waals surface area contributed by atoms with E-state index in [4.69, 9.17) is 0 Å². The number of benzene rings is 1. The van der Waals surface area contributed by atoms with Gasteiger partial charge >= 0.3 is 0 Å². The maximum atomic E-state index is 11.4. The summed E-state index contributed by atoms with van der Waals surface area (Å²) in [7, 11) is 0. The predicted molar refractivity (Wildman–Crippen MR) is 77.5 cm³/mol. The van der Waals surface area contributed by atoms with E-state index in [2.05, 4.69) is 0 Å². The van der Waals surface area contributed by atoms with Crippen molar-refractivity contribution in [2.24, 2.45) is 11.8 Å². The highest BCUT2D eigenvalue weighted by Crippen LogP contribution is 2.42. The van der Waals surface area contributed by atoms with Crippen molar-refractivity contribution >= 4 is 17.2 Å². The predicted octanol–water partition coefficient (Wildman–Crippen LogP) is 2.00. The van der Waals surface area contributed by atoms with E-state index < -0.39 is 4.92 Å². The second-order valence-electron chi connectivity index (χ2n) is 5.99. The maximum Gasteiger partial charge on any atom is 0.293 e. The molecule has 0 spiro atoms. The third-order valence-electron chi connectivity index (χ3n) is 4.74. The van der Waals surface area contributed by atoms with Gasteiger partial charge in [0.15, 0.2) is 5.78 Å². The fraction of sp³-hybridized carbons (Fsp3) is 0.533. The Kier molecular flexibility index (Phi) is 3.41. The molecule has 21 heavy (non-hydrogen) atoms. The Morgan fingerprint density at radius 1 is 1.38 bits per heavy atom. The first-order valence-corrected chi connectivity index (χ1v) is 7.19. The van der Waals surface area contributed by atoms with Gasteiger partial charge < -0.3 is 10.0 Å². The van der Waals surface area contributed by atoms with Crippen LogP contribution in [0.3, 0.4) is 0 Å². The van der Waals surface area contributed by atoms with E-state index in [-0.39, 0.29) is 23.5 Å². The van der Waals surface area contributed by atoms with Gasteiger partial charge in [-0.15, -0.1) is 0 Å². The van der Waals surface area contributed by atoms with Crippen LogP contribution in [0.2, 0.25) is 0 Å². The molecule has 6 heteroatoms. The van der Waals surface area contributed by atoms with Crippen molar-refractivity contribution in [3.63, 3.8) is 0 Å². The second kappa shape index (κ2) is 5.11. The zero-order chi connectivity index (χ0) is 15.1. The summed E-state index contributed by atoms with van der Waals surface area (Å²) in [5.74, 6) is 0.433. The molecule has 3 atom stereocenters. The number of nitro benzene ring substituents is 1. The van der Waals surface area contributed by atoms with Crippen LogP contribution in [-0.2, 0) is 0 Å². The van der Waals surface area contributed by atoms with E-state index in [0.29, 0.717) is 23.7 Å². The lowest BCUT2D eigenvalue weighted by atomic mass is 10.00. The molecule has 1 saturated carbocycles. The summed E-state index contributed by atoms with van der Waals surface area (Å²) in [6, 6.07) is 4.64. The average molecular weight is 290 g/mol. The summed E-state index contributed by atoms with van der Waals surface area (Å²) < 4.78 is 0. The summed E-state index contributed by atoms with van der Waals surface area (Å²) in [5, 5.41) is 21.2. The van der Waals surface area contributed by atoms with E-state index in [1.165, 1.54) is 13.0 Å². The highest BCUT2D eigenvalue weighted by Gasteiger charge is 2.43. The largest absolute Gasteiger partial charge is 0.393 e. The molecule has 1 N–H and O–H groups in total. The number of carbonyl (C=O) groups is 1. The van der Waals surface area contributed by atoms with Crippen molar-refractivity contribution < 1.29 is 14.8 Å². The van der Waals surface area contributed by atoms with Crippen molar-refractivity contribution in [3.05, 3.63) is 33.9 Å². The van der Waals surface area contributed by atoms with Crippen LogP contribution in [0.25, 0.3) is 0 Å². The van der Waals surface area contributed by atoms with Gasteiger partial charge in [0.05, 0.1) is 11.0 Å². The first kappa shape index (κ1) is 14.0. The zero-order valence-corrected chi connectivity index (χ0v) is 11.9. The van der Waals surface area contributed by atoms with Crippen molar-refractivity contribution in [1.82, 2.24) is 0 Å². The van der Waals surface area contributed by atoms with E-state index in [0.717, 1.165) is 19.4 Å². The summed E-state index contributed by atoms with van der Waals surface area (Å²) in [5.41, 5.74) is 0.869. The van der Waals surface area contributed by atoms with Crippen LogP contribution in [-0.4, -0.2) is 35.0 Å². The summed E-state index contributed by atoms with van der Waals surface area (Å²) >= 11 is 0. The number of Topliss-reactive ketones (excluding diaryl/α,β-unsaturated/α-hetero) is 1. The molecule has 0 bridgehead atoms. The van der Waals surface area contributed by atoms with E-state index in [1.807, 2.05) is 4.90 Å². The molecule has 3 rings (SSSR count). The molecule has 1 aliphatic heterocycles. The number of ketones is 1. The van der Waals surface area contributed by atoms with Crippen LogP contribution < -0.4 is 4.90 Å². The zero-order valence-electron chi connectivity index (χ0n) is 11.9. The maximum absolute atomic E-state index is 11.4. The van der Waals surface area contributed by atoms with Crippen molar-refractivity contribution in [2.75, 3.05) is 18.0 Å². The minimum absolute atomic E-state index is 0.0304. The number of nitro groups is 1. The molecule has 1 aromatic carbocycles. The number of aliphatic hydroxyl groups is 1. The van der Waals surface area contributed by atoms with Crippen LogP contribution in [0.4, 0.5) is 11.4 Å². The number of nitrogens with zero attached hydrogens (tertiary/aromatic N) is 2. The van der Waals surface area contributed by atoms with Gasteiger partial charge in [0.2, 0.25) is 0 Å². The molecule has 6 nitrogen and oxygen atoms in total. The molecule has 1 saturated heterocycles. The van der Waals surface area contributed by atoms with Gasteiger partial charge in [0.1, 0.15) is 5.69 Å². The Hall–Kier alpha value is -1.95. The molecular formula is C15H18N2O4. The summed E-state index contributed by atoms with van der Waals surface area (Å²) in [6.45, 7) is 2.78. The highest BCUT2D eigenvalue weighted by molar-refractivity contribution is 5.95. The summed E-state index contributed by atoms with van der Waals surface area (Å²) in [6.07, 6.45) is 1.51. The van der Waals surface area contributed by atoms with Gasteiger partial charge in [0.25, 0.3) is 5.69 Å². The lowest BCUT2D eigenvalue weighted by Crippen LogP contribution is -2.25. The smallest absolute Gasteiger partial charge is 0.293 e. The monoisotopic (exact) mass is 290 g/mol. The number of carbonyl (C=O) groups excluding carboxylic acids is 1. The number of hydrogen-bond acceptors (Lipinski definition) is 5. The van der Waals surface area contributed by atoms with Crippen molar-refractivity contribution in [1.29, 1.82) is 0 Å². The van der Waals surface area contributed by atoms with Gasteiger partial charge in [-0.1, -0.05) is 0 Å². The van der Waals surface area contributed by atoms with Gasteiger partial charge in [-0.3, -0.25) is 14.9 Å². The first-order chi connectivity index (χ1) is 9.97. The molecule has 2 aliphatic rings. The summed E-state index contributed by atoms with van der Waals surface area (Å²) in [4.78, 5) is 24.2. The second-order valence-corrected chi connectivity index (χ2v) is 5.99. The molecule has 1 aliphatic carbocycles. The average Bonchev–Trinajstić information content (AvgIpc) is 3.00. The van der Waals surface area contributed by atoms with Gasteiger partial charge in [-0.25, -0.2) is 0 Å². The topological polar surface area (TPSA) is 83.7 Å². The van der Waals surface area contributed by atoms with Crippen LogP contribution >= 0.6 is 0 Å². The molecule has 2 fully saturated rings. The molecule has 1 aromatic rings. The van der Waals surface area contributed by atoms with E-state index in [9.17, 15) is 20.0 Å². The van der Waals surface area contributed by atoms with E-state index >= 15 is 0 Å². The minimum atomic E-state index is -0.438. The van der Waals surface area contributed by atoms with Crippen LogP contribution in [0.5, 0.6) is 0 Å². The third kappa shape index (κ3) is 2.40. The first-order valence-electron chi connectivity index (χ1n) is 7.19. The molecule has 112 valence electrons. The Labute approximate surface area is 122 Å². The number of fused-ring (bicyclic) bond motifs is 1. The molecular weight excluding hydrogens is 272 g/mol. The van der Waals surface area contributed by atoms with Gasteiger partial charge in [-0.05, 0) is 37.8 Å². The lowest BCUT2D eigenvalue weighted by molar-refractivity contribution is -0.384. The lowest BCUT2D eigenvalue weighted by Gasteiger charge is -2.20. The normalized spacial score (nSPS) is 27.7. The quantitative estimate of drug-likeness (QED) is 0.523. The Bertz CT molecular complexity index is 601. The number of aliphatic hydroxyl groups excluding tert-OH is 1. The molecule has 1 heterocycles. The molecule has 0 radical (unpaired) electrons. The molecule has 0 aromatic heterocycles. The Morgan fingerprint density at radius 3 is 2.76 bits per heavy atom. The Balaban J connectivity index is 1.92. The molecule has 3 unspecified atom stereocenters. The van der Waals surface area contributed by atoms with E-state index in [1.54, 1.807) is 12.1 Å². The van der Waals surface area contributed by atoms with Gasteiger partial charge in [-0.2, -0.15) is 0 Å². The fourth-order valence-corrected chi connectivity index (χ4v) is 3.59. The number of rotatable bonds is 3. The standard InChI is InChI=1S/C15H18N2O4/c1-9(18)10-2-4-13(14(6-10)17(20)21)16-7-11-3-5-15(19)12(11)8-16/h2,4,6,11-12,15,19H,3,5,7-8H2,1H3. The van der Waals surface area contributed by atoms with Crippen LogP contribution in [0.15, 0.2) is 18.2 Å². The fourth-order valence-electron chi connectivity index (χ4n) is 3.59. The van der Waals surface area contributed by atoms with Crippen molar-refractivity contribution in [2.45, 2.75) is 25.9 Å². The number of hydrogen-bond donors (Lipinski definition) is 1. The minimum Gasteiger partial charge on any atom is -0.393 e. The van der Waals surface area contributed by atoms with Crippen molar-refractivity contribution in [3.8, 4) is 0 Å². The van der Waals surface area contributed by atoms with Crippen LogP contribution in [0, 0.1) is 22.0 Å². The Morgan fingerprint density at radius 2 is 2.14 bits per heavy atom. The van der Waals surface area contributed by atoms with Crippen LogP contribution in [0.1, 0.15) is 30.1 Å². The SMILES string of the molecule is CC(=O)c1ccc(N2CC3CCC(O)C3C2)c([N+](=O)[O-])c1. The highest BCUT2D eigenvalue weighted by atomic mass is 16.6.